The van der Waals surface area contributed by atoms with Crippen LogP contribution in [-0.2, 0) is 4.79 Å². The molecule has 2 N–H and O–H groups in total. The second kappa shape index (κ2) is 7.93. The number of nitrogens with one attached hydrogen (secondary N) is 2. The highest BCUT2D eigenvalue weighted by Crippen LogP contribution is 2.27. The van der Waals surface area contributed by atoms with E-state index in [1.807, 2.05) is 31.2 Å². The number of aromatic nitrogens is 1. The summed E-state index contributed by atoms with van der Waals surface area (Å²) in [6, 6.07) is 11.4. The van der Waals surface area contributed by atoms with Gasteiger partial charge in [-0.1, -0.05) is 32.0 Å². The highest BCUT2D eigenvalue weighted by Gasteiger charge is 2.15. The normalized spacial score (nSPS) is 11.0. The summed E-state index contributed by atoms with van der Waals surface area (Å²) < 4.78 is 0. The SMILES string of the molecule is Cc1cccc(C(C)C)c1NC(=O)/C(C#N)=C\Nc1cccnc1. The van der Waals surface area contributed by atoms with Crippen molar-refractivity contribution in [2.24, 2.45) is 0 Å². The molecule has 0 bridgehead atoms. The summed E-state index contributed by atoms with van der Waals surface area (Å²) in [5.41, 5.74) is 3.47. The second-order valence-corrected chi connectivity index (χ2v) is 5.70. The zero-order valence-corrected chi connectivity index (χ0v) is 14.0. The van der Waals surface area contributed by atoms with Gasteiger partial charge in [-0.25, -0.2) is 0 Å². The van der Waals surface area contributed by atoms with E-state index in [1.165, 1.54) is 6.20 Å². The van der Waals surface area contributed by atoms with Gasteiger partial charge in [-0.2, -0.15) is 5.26 Å². The third kappa shape index (κ3) is 4.20. The van der Waals surface area contributed by atoms with Crippen molar-refractivity contribution < 1.29 is 4.79 Å². The molecule has 0 unspecified atom stereocenters. The molecule has 5 nitrogen and oxygen atoms in total. The van der Waals surface area contributed by atoms with Crippen LogP contribution in [-0.4, -0.2) is 10.9 Å². The molecule has 2 rings (SSSR count). The van der Waals surface area contributed by atoms with Crippen LogP contribution in [0.4, 0.5) is 11.4 Å². The molecule has 0 radical (unpaired) electrons. The maximum Gasteiger partial charge on any atom is 0.267 e. The van der Waals surface area contributed by atoms with Crippen LogP contribution >= 0.6 is 0 Å². The molecule has 0 atom stereocenters. The molecule has 0 aliphatic rings. The van der Waals surface area contributed by atoms with E-state index in [2.05, 4.69) is 29.5 Å². The Labute approximate surface area is 142 Å². The van der Waals surface area contributed by atoms with Crippen LogP contribution in [0.3, 0.4) is 0 Å². The van der Waals surface area contributed by atoms with Gasteiger partial charge < -0.3 is 10.6 Å². The number of nitriles is 1. The van der Waals surface area contributed by atoms with E-state index in [-0.39, 0.29) is 11.5 Å². The van der Waals surface area contributed by atoms with Crippen LogP contribution < -0.4 is 10.6 Å². The van der Waals surface area contributed by atoms with E-state index >= 15 is 0 Å². The van der Waals surface area contributed by atoms with Crippen molar-refractivity contribution in [1.29, 1.82) is 5.26 Å². The number of carbonyl (C=O) groups excluding carboxylic acids is 1. The standard InChI is InChI=1S/C19H20N4O/c1-13(2)17-8-4-6-14(3)18(17)23-19(24)15(10-20)11-22-16-7-5-9-21-12-16/h4-9,11-13,22H,1-3H3,(H,23,24)/b15-11-. The van der Waals surface area contributed by atoms with Gasteiger partial charge in [-0.3, -0.25) is 9.78 Å². The summed E-state index contributed by atoms with van der Waals surface area (Å²) in [6.45, 7) is 6.07. The predicted octanol–water partition coefficient (Wildman–Crippen LogP) is 3.97. The Morgan fingerprint density at radius 1 is 1.29 bits per heavy atom. The number of nitrogens with zero attached hydrogens (tertiary/aromatic N) is 2. The lowest BCUT2D eigenvalue weighted by molar-refractivity contribution is -0.112. The van der Waals surface area contributed by atoms with Crippen molar-refractivity contribution in [2.75, 3.05) is 10.6 Å². The second-order valence-electron chi connectivity index (χ2n) is 5.70. The quantitative estimate of drug-likeness (QED) is 0.645. The zero-order valence-electron chi connectivity index (χ0n) is 14.0. The molecule has 0 fully saturated rings. The molecule has 0 aliphatic heterocycles. The number of anilines is 2. The van der Waals surface area contributed by atoms with Gasteiger partial charge in [-0.05, 0) is 36.1 Å². The van der Waals surface area contributed by atoms with Gasteiger partial charge in [0.25, 0.3) is 5.91 Å². The van der Waals surface area contributed by atoms with E-state index in [0.29, 0.717) is 5.69 Å². The molecule has 24 heavy (non-hydrogen) atoms. The lowest BCUT2D eigenvalue weighted by Gasteiger charge is -2.16. The molecule has 1 aromatic heterocycles. The van der Waals surface area contributed by atoms with Crippen LogP contribution in [0.2, 0.25) is 0 Å². The fourth-order valence-electron chi connectivity index (χ4n) is 2.28. The number of para-hydroxylation sites is 1. The van der Waals surface area contributed by atoms with Crippen molar-refractivity contribution >= 4 is 17.3 Å². The molecule has 0 saturated carbocycles. The number of hydrogen-bond acceptors (Lipinski definition) is 4. The van der Waals surface area contributed by atoms with Crippen LogP contribution in [0.1, 0.15) is 30.9 Å². The fourth-order valence-corrected chi connectivity index (χ4v) is 2.28. The molecular weight excluding hydrogens is 300 g/mol. The van der Waals surface area contributed by atoms with E-state index < -0.39 is 5.91 Å². The Bertz CT molecular complexity index is 789. The number of rotatable bonds is 5. The van der Waals surface area contributed by atoms with E-state index in [0.717, 1.165) is 16.8 Å². The van der Waals surface area contributed by atoms with E-state index in [1.54, 1.807) is 24.5 Å². The Balaban J connectivity index is 2.20. The van der Waals surface area contributed by atoms with Crippen LogP contribution in [0.25, 0.3) is 0 Å². The average molecular weight is 320 g/mol. The molecule has 5 heteroatoms. The third-order valence-electron chi connectivity index (χ3n) is 3.58. The molecule has 1 heterocycles. The first-order valence-electron chi connectivity index (χ1n) is 7.70. The van der Waals surface area contributed by atoms with Gasteiger partial charge in [0.2, 0.25) is 0 Å². The van der Waals surface area contributed by atoms with Gasteiger partial charge in [-0.15, -0.1) is 0 Å². The Hall–Kier alpha value is -3.13. The van der Waals surface area contributed by atoms with Gasteiger partial charge in [0, 0.05) is 18.1 Å². The summed E-state index contributed by atoms with van der Waals surface area (Å²) in [5.74, 6) is -0.173. The topological polar surface area (TPSA) is 77.8 Å². The van der Waals surface area contributed by atoms with Gasteiger partial charge in [0.05, 0.1) is 11.9 Å². The summed E-state index contributed by atoms with van der Waals surface area (Å²) in [6.07, 6.45) is 4.65. The minimum Gasteiger partial charge on any atom is -0.359 e. The highest BCUT2D eigenvalue weighted by atomic mass is 16.1. The minimum atomic E-state index is -0.440. The lowest BCUT2D eigenvalue weighted by atomic mass is 9.98. The molecule has 1 aromatic carbocycles. The first kappa shape index (κ1) is 17.2. The first-order valence-corrected chi connectivity index (χ1v) is 7.70. The van der Waals surface area contributed by atoms with Gasteiger partial charge >= 0.3 is 0 Å². The fraction of sp³-hybridized carbons (Fsp3) is 0.211. The summed E-state index contributed by atoms with van der Waals surface area (Å²) >= 11 is 0. The maximum absolute atomic E-state index is 12.4. The molecule has 0 saturated heterocycles. The van der Waals surface area contributed by atoms with Crippen LogP contribution in [0.5, 0.6) is 0 Å². The van der Waals surface area contributed by atoms with Crippen molar-refractivity contribution in [3.05, 3.63) is 65.6 Å². The summed E-state index contributed by atoms with van der Waals surface area (Å²) in [4.78, 5) is 16.4. The molecule has 0 spiro atoms. The number of amides is 1. The summed E-state index contributed by atoms with van der Waals surface area (Å²) in [5, 5.41) is 15.0. The first-order chi connectivity index (χ1) is 11.5. The summed E-state index contributed by atoms with van der Waals surface area (Å²) in [7, 11) is 0. The Morgan fingerprint density at radius 2 is 2.08 bits per heavy atom. The molecule has 2 aromatic rings. The zero-order chi connectivity index (χ0) is 17.5. The highest BCUT2D eigenvalue weighted by molar-refractivity contribution is 6.07. The molecule has 122 valence electrons. The predicted molar refractivity (Wildman–Crippen MR) is 95.5 cm³/mol. The number of carbonyl (C=O) groups is 1. The number of hydrogen-bond donors (Lipinski definition) is 2. The lowest BCUT2D eigenvalue weighted by Crippen LogP contribution is -2.17. The van der Waals surface area contributed by atoms with Gasteiger partial charge in [0.15, 0.2) is 0 Å². The largest absolute Gasteiger partial charge is 0.359 e. The van der Waals surface area contributed by atoms with Crippen molar-refractivity contribution in [3.8, 4) is 6.07 Å². The van der Waals surface area contributed by atoms with E-state index in [4.69, 9.17) is 0 Å². The van der Waals surface area contributed by atoms with Crippen LogP contribution in [0, 0.1) is 18.3 Å². The molecular formula is C19H20N4O. The monoisotopic (exact) mass is 320 g/mol. The minimum absolute atomic E-state index is 0.00295. The van der Waals surface area contributed by atoms with E-state index in [9.17, 15) is 10.1 Å². The van der Waals surface area contributed by atoms with Crippen LogP contribution in [0.15, 0.2) is 54.5 Å². The Kier molecular flexibility index (Phi) is 5.69. The third-order valence-corrected chi connectivity index (χ3v) is 3.58. The average Bonchev–Trinajstić information content (AvgIpc) is 2.58. The number of benzene rings is 1. The smallest absolute Gasteiger partial charge is 0.267 e. The van der Waals surface area contributed by atoms with Gasteiger partial charge in [0.1, 0.15) is 11.6 Å². The number of aryl methyl sites for hydroxylation is 1. The van der Waals surface area contributed by atoms with Crippen molar-refractivity contribution in [1.82, 2.24) is 4.98 Å². The molecule has 1 amide bonds. The van der Waals surface area contributed by atoms with Crippen molar-refractivity contribution in [3.63, 3.8) is 0 Å². The van der Waals surface area contributed by atoms with Crippen molar-refractivity contribution in [2.45, 2.75) is 26.7 Å². The number of pyridine rings is 1. The Morgan fingerprint density at radius 3 is 2.71 bits per heavy atom. The molecule has 0 aliphatic carbocycles. The maximum atomic E-state index is 12.4.